The van der Waals surface area contributed by atoms with Crippen LogP contribution in [0.15, 0.2) is 29.2 Å². The van der Waals surface area contributed by atoms with E-state index in [1.165, 1.54) is 19.3 Å². The molecule has 1 aliphatic heterocycles. The fourth-order valence-corrected chi connectivity index (χ4v) is 4.62. The highest BCUT2D eigenvalue weighted by molar-refractivity contribution is 7.89. The molecule has 1 aromatic carbocycles. The fraction of sp³-hybridized carbons (Fsp3) is 0.667. The highest BCUT2D eigenvalue weighted by Gasteiger charge is 2.37. The number of ether oxygens (including phenoxy) is 1. The molecule has 2 aliphatic rings. The van der Waals surface area contributed by atoms with E-state index in [4.69, 9.17) is 4.74 Å². The van der Waals surface area contributed by atoms with Gasteiger partial charge in [-0.25, -0.2) is 13.1 Å². The lowest BCUT2D eigenvalue weighted by molar-refractivity contribution is 0.0438. The zero-order valence-corrected chi connectivity index (χ0v) is 15.5. The fourth-order valence-electron chi connectivity index (χ4n) is 3.57. The topological polar surface area (TPSA) is 87.7 Å². The summed E-state index contributed by atoms with van der Waals surface area (Å²) in [5, 5.41) is 13.9. The Balaban J connectivity index is 1.52. The highest BCUT2D eigenvalue weighted by atomic mass is 32.2. The molecular formula is C18H28N2O4S. The van der Waals surface area contributed by atoms with Crippen molar-refractivity contribution in [3.8, 4) is 0 Å². The van der Waals surface area contributed by atoms with Crippen LogP contribution in [-0.4, -0.2) is 51.0 Å². The Labute approximate surface area is 150 Å². The smallest absolute Gasteiger partial charge is 0.240 e. The highest BCUT2D eigenvalue weighted by Crippen LogP contribution is 2.21. The first-order valence-electron chi connectivity index (χ1n) is 9.08. The van der Waals surface area contributed by atoms with Gasteiger partial charge >= 0.3 is 0 Å². The number of sulfonamides is 1. The van der Waals surface area contributed by atoms with Crippen molar-refractivity contribution in [1.82, 2.24) is 10.0 Å². The number of rotatable bonds is 6. The van der Waals surface area contributed by atoms with Crippen LogP contribution in [-0.2, 0) is 14.8 Å². The van der Waals surface area contributed by atoms with Gasteiger partial charge in [0.1, 0.15) is 0 Å². The van der Waals surface area contributed by atoms with Crippen LogP contribution in [0.2, 0.25) is 0 Å². The second kappa shape index (κ2) is 8.14. The Morgan fingerprint density at radius 2 is 1.84 bits per heavy atom. The number of benzene rings is 1. The van der Waals surface area contributed by atoms with Crippen LogP contribution >= 0.6 is 0 Å². The Kier molecular flexibility index (Phi) is 6.12. The van der Waals surface area contributed by atoms with E-state index in [0.29, 0.717) is 12.6 Å². The third-order valence-electron chi connectivity index (χ3n) is 5.14. The zero-order valence-electron chi connectivity index (χ0n) is 14.6. The molecule has 6 nitrogen and oxygen atoms in total. The third-order valence-corrected chi connectivity index (χ3v) is 6.58. The summed E-state index contributed by atoms with van der Waals surface area (Å²) in [7, 11) is -3.59. The lowest BCUT2D eigenvalue weighted by Gasteiger charge is -2.27. The average Bonchev–Trinajstić information content (AvgIpc) is 2.95. The van der Waals surface area contributed by atoms with Gasteiger partial charge in [-0.2, -0.15) is 0 Å². The van der Waals surface area contributed by atoms with Crippen molar-refractivity contribution in [3.63, 3.8) is 0 Å². The molecule has 7 heteroatoms. The molecule has 1 heterocycles. The van der Waals surface area contributed by atoms with Crippen molar-refractivity contribution in [1.29, 1.82) is 0 Å². The minimum absolute atomic E-state index is 0.0697. The van der Waals surface area contributed by atoms with E-state index in [2.05, 4.69) is 10.0 Å². The second-order valence-electron chi connectivity index (χ2n) is 7.14. The third kappa shape index (κ3) is 4.80. The monoisotopic (exact) mass is 368 g/mol. The quantitative estimate of drug-likeness (QED) is 0.705. The van der Waals surface area contributed by atoms with Gasteiger partial charge in [0.25, 0.3) is 0 Å². The van der Waals surface area contributed by atoms with Gasteiger partial charge in [0.15, 0.2) is 0 Å². The predicted molar refractivity (Wildman–Crippen MR) is 95.9 cm³/mol. The molecule has 140 valence electrons. The van der Waals surface area contributed by atoms with E-state index in [1.807, 2.05) is 6.92 Å². The molecule has 3 unspecified atom stereocenters. The molecule has 1 saturated heterocycles. The number of hydrogen-bond acceptors (Lipinski definition) is 5. The largest absolute Gasteiger partial charge is 0.389 e. The Bertz CT molecular complexity index is 656. The van der Waals surface area contributed by atoms with Crippen molar-refractivity contribution in [2.24, 2.45) is 0 Å². The summed E-state index contributed by atoms with van der Waals surface area (Å²) in [6.45, 7) is 2.39. The van der Waals surface area contributed by atoms with Gasteiger partial charge in [0.2, 0.25) is 10.0 Å². The summed E-state index contributed by atoms with van der Waals surface area (Å²) in [5.74, 6) is 0. The summed E-state index contributed by atoms with van der Waals surface area (Å²) >= 11 is 0. The molecule has 1 aromatic rings. The maximum absolute atomic E-state index is 12.3. The Morgan fingerprint density at radius 1 is 1.16 bits per heavy atom. The lowest BCUT2D eigenvalue weighted by Crippen LogP contribution is -2.48. The summed E-state index contributed by atoms with van der Waals surface area (Å²) in [5.41, 5.74) is 1.00. The van der Waals surface area contributed by atoms with Crippen molar-refractivity contribution in [2.45, 2.75) is 68.2 Å². The first kappa shape index (κ1) is 18.8. The van der Waals surface area contributed by atoms with Crippen LogP contribution in [0.25, 0.3) is 0 Å². The van der Waals surface area contributed by atoms with Gasteiger partial charge in [0.05, 0.1) is 29.8 Å². The van der Waals surface area contributed by atoms with Gasteiger partial charge in [-0.1, -0.05) is 37.0 Å². The molecule has 1 saturated carbocycles. The van der Waals surface area contributed by atoms with Gasteiger partial charge in [-0.3, -0.25) is 0 Å². The van der Waals surface area contributed by atoms with Crippen LogP contribution in [0.5, 0.6) is 0 Å². The van der Waals surface area contributed by atoms with E-state index >= 15 is 0 Å². The van der Waals surface area contributed by atoms with Gasteiger partial charge in [0, 0.05) is 12.6 Å². The SMILES string of the molecule is Cc1ccc(S(=O)(=O)NCC2OCC(NC3CCCCC3)C2O)cc1. The van der Waals surface area contributed by atoms with Crippen LogP contribution in [0.4, 0.5) is 0 Å². The minimum atomic E-state index is -3.59. The summed E-state index contributed by atoms with van der Waals surface area (Å²) in [6, 6.07) is 6.99. The average molecular weight is 368 g/mol. The molecule has 2 fully saturated rings. The molecular weight excluding hydrogens is 340 g/mol. The molecule has 25 heavy (non-hydrogen) atoms. The number of nitrogens with one attached hydrogen (secondary N) is 2. The zero-order chi connectivity index (χ0) is 17.9. The van der Waals surface area contributed by atoms with E-state index in [0.717, 1.165) is 18.4 Å². The number of hydrogen-bond donors (Lipinski definition) is 3. The molecule has 0 spiro atoms. The molecule has 3 atom stereocenters. The molecule has 3 rings (SSSR count). The van der Waals surface area contributed by atoms with E-state index in [-0.39, 0.29) is 17.5 Å². The van der Waals surface area contributed by atoms with Crippen molar-refractivity contribution >= 4 is 10.0 Å². The normalized spacial score (nSPS) is 28.3. The molecule has 0 radical (unpaired) electrons. The van der Waals surface area contributed by atoms with Crippen molar-refractivity contribution in [2.75, 3.05) is 13.2 Å². The number of aliphatic hydroxyl groups is 1. The maximum Gasteiger partial charge on any atom is 0.240 e. The van der Waals surface area contributed by atoms with E-state index in [1.54, 1.807) is 24.3 Å². The van der Waals surface area contributed by atoms with Gasteiger partial charge < -0.3 is 15.2 Å². The van der Waals surface area contributed by atoms with Crippen LogP contribution in [0, 0.1) is 6.92 Å². The van der Waals surface area contributed by atoms with Crippen LogP contribution < -0.4 is 10.0 Å². The Morgan fingerprint density at radius 3 is 2.52 bits per heavy atom. The standard InChI is InChI=1S/C18H28N2O4S/c1-13-7-9-15(10-8-13)25(22,23)19-11-17-18(21)16(12-24-17)20-14-5-3-2-4-6-14/h7-10,14,16-21H,2-6,11-12H2,1H3. The Hall–Kier alpha value is -0.990. The second-order valence-corrected chi connectivity index (χ2v) is 8.90. The summed E-state index contributed by atoms with van der Waals surface area (Å²) < 4.78 is 32.9. The van der Waals surface area contributed by atoms with E-state index < -0.39 is 22.2 Å². The molecule has 0 bridgehead atoms. The van der Waals surface area contributed by atoms with Crippen LogP contribution in [0.3, 0.4) is 0 Å². The molecule has 0 amide bonds. The lowest BCUT2D eigenvalue weighted by atomic mass is 9.94. The molecule has 1 aliphatic carbocycles. The van der Waals surface area contributed by atoms with Crippen LogP contribution in [0.1, 0.15) is 37.7 Å². The minimum Gasteiger partial charge on any atom is -0.389 e. The number of aliphatic hydroxyl groups excluding tert-OH is 1. The summed E-state index contributed by atoms with van der Waals surface area (Å²) in [4.78, 5) is 0.225. The van der Waals surface area contributed by atoms with Gasteiger partial charge in [-0.15, -0.1) is 0 Å². The first-order chi connectivity index (χ1) is 12.0. The molecule has 3 N–H and O–H groups in total. The molecule has 0 aromatic heterocycles. The number of aryl methyl sites for hydroxylation is 1. The van der Waals surface area contributed by atoms with Gasteiger partial charge in [-0.05, 0) is 31.9 Å². The van der Waals surface area contributed by atoms with E-state index in [9.17, 15) is 13.5 Å². The maximum atomic E-state index is 12.3. The predicted octanol–water partition coefficient (Wildman–Crippen LogP) is 1.32. The summed E-state index contributed by atoms with van der Waals surface area (Å²) in [6.07, 6.45) is 4.76. The van der Waals surface area contributed by atoms with Crippen molar-refractivity contribution in [3.05, 3.63) is 29.8 Å². The first-order valence-corrected chi connectivity index (χ1v) is 10.6. The van der Waals surface area contributed by atoms with Crippen molar-refractivity contribution < 1.29 is 18.3 Å².